The molecule has 0 saturated carbocycles. The van der Waals surface area contributed by atoms with Crippen molar-refractivity contribution < 1.29 is 14.7 Å². The lowest BCUT2D eigenvalue weighted by Crippen LogP contribution is -2.34. The Hall–Kier alpha value is -3.16. The van der Waals surface area contributed by atoms with Crippen molar-refractivity contribution in [1.29, 1.82) is 0 Å². The van der Waals surface area contributed by atoms with E-state index in [1.54, 1.807) is 6.08 Å². The Morgan fingerprint density at radius 3 is 2.26 bits per heavy atom. The zero-order valence-electron chi connectivity index (χ0n) is 23.3. The van der Waals surface area contributed by atoms with E-state index in [0.29, 0.717) is 4.91 Å². The quantitative estimate of drug-likeness (QED) is 0.264. The summed E-state index contributed by atoms with van der Waals surface area (Å²) in [5.74, 6) is -1.45. The van der Waals surface area contributed by atoms with Gasteiger partial charge in [0, 0.05) is 25.3 Å². The van der Waals surface area contributed by atoms with Gasteiger partial charge in [0.25, 0.3) is 5.91 Å². The average molecular weight is 559 g/mol. The number of anilines is 1. The molecule has 2 aliphatic rings. The third-order valence-corrected chi connectivity index (χ3v) is 9.47. The number of amides is 1. The van der Waals surface area contributed by atoms with Gasteiger partial charge in [-0.3, -0.25) is 14.5 Å². The van der Waals surface area contributed by atoms with Crippen LogP contribution in [0, 0.1) is 0 Å². The number of fused-ring (bicyclic) bond motifs is 2. The van der Waals surface area contributed by atoms with E-state index in [1.165, 1.54) is 40.8 Å². The summed E-state index contributed by atoms with van der Waals surface area (Å²) < 4.78 is 0.271. The number of carbonyl (C=O) groups excluding carboxylic acids is 1. The Morgan fingerprint density at radius 2 is 1.62 bits per heavy atom. The fourth-order valence-electron chi connectivity index (χ4n) is 5.65. The number of thiocarbonyl (C=S) groups is 1. The molecule has 202 valence electrons. The first-order valence-electron chi connectivity index (χ1n) is 13.1. The molecule has 0 unspecified atom stereocenters. The molecule has 0 aromatic heterocycles. The fraction of sp³-hybridized carbons (Fsp3) is 0.344. The molecule has 1 aliphatic heterocycles. The smallest absolute Gasteiger partial charge is 0.323 e. The van der Waals surface area contributed by atoms with Crippen molar-refractivity contribution in [2.75, 3.05) is 25.5 Å². The van der Waals surface area contributed by atoms with Crippen molar-refractivity contribution in [3.05, 3.63) is 70.1 Å². The zero-order chi connectivity index (χ0) is 28.3. The Morgan fingerprint density at radius 1 is 1.00 bits per heavy atom. The van der Waals surface area contributed by atoms with Gasteiger partial charge < -0.3 is 10.0 Å². The first kappa shape index (κ1) is 27.4. The third kappa shape index (κ3) is 5.10. The highest BCUT2D eigenvalue weighted by Gasteiger charge is 2.38. The molecule has 5 rings (SSSR count). The number of nitrogens with zero attached hydrogens (tertiary/aromatic N) is 2. The van der Waals surface area contributed by atoms with Crippen LogP contribution in [0.5, 0.6) is 0 Å². The standard InChI is InChI=1S/C32H34N2O3S2/c1-31(2)11-12-32(3,4)25-17-26(33(5)6)23(16-24(25)31)22-10-9-20-13-19(7-8-21(20)15-22)14-27-29(37)34(18-28(35)36)30(38)39-27/h7-10,13-17H,11-12,18H2,1-6H3,(H,35,36)/b27-14+. The number of carbonyl (C=O) groups is 2. The van der Waals surface area contributed by atoms with Crippen molar-refractivity contribution in [1.82, 2.24) is 4.90 Å². The molecule has 7 heteroatoms. The molecular weight excluding hydrogens is 524 g/mol. The third-order valence-electron chi connectivity index (χ3n) is 8.09. The molecular formula is C32H34N2O3S2. The molecule has 1 N–H and O–H groups in total. The Labute approximate surface area is 239 Å². The monoisotopic (exact) mass is 558 g/mol. The van der Waals surface area contributed by atoms with Crippen LogP contribution in [-0.2, 0) is 20.4 Å². The number of thioether (sulfide) groups is 1. The lowest BCUT2D eigenvalue weighted by atomic mass is 9.62. The second-order valence-corrected chi connectivity index (χ2v) is 13.7. The maximum Gasteiger partial charge on any atom is 0.323 e. The van der Waals surface area contributed by atoms with Crippen LogP contribution in [0.4, 0.5) is 5.69 Å². The van der Waals surface area contributed by atoms with Crippen LogP contribution < -0.4 is 4.90 Å². The molecule has 1 amide bonds. The summed E-state index contributed by atoms with van der Waals surface area (Å²) in [5, 5.41) is 11.3. The van der Waals surface area contributed by atoms with E-state index in [1.807, 2.05) is 12.1 Å². The Bertz CT molecular complexity index is 1570. The van der Waals surface area contributed by atoms with Crippen molar-refractivity contribution in [3.8, 4) is 11.1 Å². The molecule has 0 atom stereocenters. The second-order valence-electron chi connectivity index (χ2n) is 12.1. The fourth-order valence-corrected chi connectivity index (χ4v) is 6.90. The van der Waals surface area contributed by atoms with Crippen molar-refractivity contribution in [2.45, 2.75) is 51.4 Å². The van der Waals surface area contributed by atoms with E-state index in [2.05, 4.69) is 83.1 Å². The highest BCUT2D eigenvalue weighted by molar-refractivity contribution is 8.26. The van der Waals surface area contributed by atoms with Gasteiger partial charge in [-0.1, -0.05) is 75.9 Å². The van der Waals surface area contributed by atoms with Crippen LogP contribution >= 0.6 is 24.0 Å². The predicted molar refractivity (Wildman–Crippen MR) is 167 cm³/mol. The van der Waals surface area contributed by atoms with E-state index >= 15 is 0 Å². The van der Waals surface area contributed by atoms with Crippen LogP contribution in [0.15, 0.2) is 53.4 Å². The number of aliphatic carboxylic acids is 1. The first-order valence-corrected chi connectivity index (χ1v) is 14.4. The average Bonchev–Trinajstić information content (AvgIpc) is 3.12. The minimum Gasteiger partial charge on any atom is -0.480 e. The highest BCUT2D eigenvalue weighted by Crippen LogP contribution is 2.49. The highest BCUT2D eigenvalue weighted by atomic mass is 32.2. The van der Waals surface area contributed by atoms with Crippen LogP contribution in [0.3, 0.4) is 0 Å². The van der Waals surface area contributed by atoms with Gasteiger partial charge in [0.2, 0.25) is 0 Å². The number of carboxylic acid groups (broad SMARTS) is 1. The number of hydrogen-bond donors (Lipinski definition) is 1. The van der Waals surface area contributed by atoms with E-state index in [4.69, 9.17) is 17.3 Å². The van der Waals surface area contributed by atoms with E-state index in [9.17, 15) is 9.59 Å². The summed E-state index contributed by atoms with van der Waals surface area (Å²) in [6, 6.07) is 17.5. The first-order chi connectivity index (χ1) is 18.3. The van der Waals surface area contributed by atoms with Crippen LogP contribution in [-0.4, -0.2) is 46.8 Å². The summed E-state index contributed by atoms with van der Waals surface area (Å²) >= 11 is 6.36. The lowest BCUT2D eigenvalue weighted by Gasteiger charge is -2.43. The van der Waals surface area contributed by atoms with Gasteiger partial charge in [0.05, 0.1) is 4.91 Å². The largest absolute Gasteiger partial charge is 0.480 e. The minimum absolute atomic E-state index is 0.127. The summed E-state index contributed by atoms with van der Waals surface area (Å²) in [7, 11) is 4.22. The maximum absolute atomic E-state index is 12.7. The molecule has 39 heavy (non-hydrogen) atoms. The SMILES string of the molecule is CN(C)c1cc2c(cc1-c1ccc3cc(/C=C4/SC(=S)N(CC(=O)O)C4=O)ccc3c1)C(C)(C)CCC2(C)C. The Kier molecular flexibility index (Phi) is 6.88. The molecule has 3 aromatic carbocycles. The summed E-state index contributed by atoms with van der Waals surface area (Å²) in [6.45, 7) is 9.01. The van der Waals surface area contributed by atoms with Crippen molar-refractivity contribution in [2.24, 2.45) is 0 Å². The van der Waals surface area contributed by atoms with Crippen LogP contribution in [0.2, 0.25) is 0 Å². The zero-order valence-corrected chi connectivity index (χ0v) is 24.9. The van der Waals surface area contributed by atoms with Gasteiger partial charge in [-0.25, -0.2) is 0 Å². The van der Waals surface area contributed by atoms with Gasteiger partial charge in [-0.15, -0.1) is 0 Å². The molecule has 3 aromatic rings. The second kappa shape index (κ2) is 9.79. The van der Waals surface area contributed by atoms with Crippen LogP contribution in [0.1, 0.15) is 57.2 Å². The summed E-state index contributed by atoms with van der Waals surface area (Å²) in [6.07, 6.45) is 4.14. The normalized spacial score (nSPS) is 19.0. The number of rotatable bonds is 5. The van der Waals surface area contributed by atoms with E-state index in [0.717, 1.165) is 33.0 Å². The number of carboxylic acids is 1. The van der Waals surface area contributed by atoms with Gasteiger partial charge in [-0.05, 0) is 87.0 Å². The van der Waals surface area contributed by atoms with Gasteiger partial charge in [-0.2, -0.15) is 0 Å². The molecule has 1 heterocycles. The predicted octanol–water partition coefficient (Wildman–Crippen LogP) is 7.21. The minimum atomic E-state index is -1.09. The van der Waals surface area contributed by atoms with Gasteiger partial charge in [0.15, 0.2) is 0 Å². The number of hydrogen-bond acceptors (Lipinski definition) is 5. The van der Waals surface area contributed by atoms with Crippen molar-refractivity contribution >= 4 is 62.7 Å². The van der Waals surface area contributed by atoms with E-state index in [-0.39, 0.29) is 21.1 Å². The summed E-state index contributed by atoms with van der Waals surface area (Å²) in [5.41, 5.74) is 7.67. The molecule has 5 nitrogen and oxygen atoms in total. The molecule has 1 saturated heterocycles. The van der Waals surface area contributed by atoms with E-state index < -0.39 is 12.5 Å². The maximum atomic E-state index is 12.7. The van der Waals surface area contributed by atoms with Gasteiger partial charge in [0.1, 0.15) is 10.9 Å². The lowest BCUT2D eigenvalue weighted by molar-refractivity contribution is -0.140. The number of benzene rings is 3. The van der Waals surface area contributed by atoms with Gasteiger partial charge >= 0.3 is 5.97 Å². The topological polar surface area (TPSA) is 60.9 Å². The summed E-state index contributed by atoms with van der Waals surface area (Å²) in [4.78, 5) is 27.5. The van der Waals surface area contributed by atoms with Crippen LogP contribution in [0.25, 0.3) is 28.0 Å². The molecule has 1 aliphatic carbocycles. The van der Waals surface area contributed by atoms with Crippen molar-refractivity contribution in [3.63, 3.8) is 0 Å². The molecule has 0 bridgehead atoms. The molecule has 1 fully saturated rings. The molecule has 0 spiro atoms. The molecule has 0 radical (unpaired) electrons. The Balaban J connectivity index is 1.53.